The molecule has 1 saturated heterocycles. The van der Waals surface area contributed by atoms with Gasteiger partial charge < -0.3 is 14.3 Å². The van der Waals surface area contributed by atoms with Gasteiger partial charge in [-0.05, 0) is 28.1 Å². The van der Waals surface area contributed by atoms with Crippen LogP contribution in [0.15, 0.2) is 33.2 Å². The molecule has 1 aliphatic heterocycles. The molecular weight excluding hydrogens is 338 g/mol. The highest BCUT2D eigenvalue weighted by molar-refractivity contribution is 9.10. The summed E-state index contributed by atoms with van der Waals surface area (Å²) in [5.41, 5.74) is 0.881. The summed E-state index contributed by atoms with van der Waals surface area (Å²) in [6, 6.07) is 7.73. The smallest absolute Gasteiger partial charge is 0.248 e. The fourth-order valence-electron chi connectivity index (χ4n) is 2.29. The van der Waals surface area contributed by atoms with Crippen molar-refractivity contribution >= 4 is 15.9 Å². The zero-order valence-corrected chi connectivity index (χ0v) is 13.0. The summed E-state index contributed by atoms with van der Waals surface area (Å²) in [7, 11) is 0. The van der Waals surface area contributed by atoms with Gasteiger partial charge in [-0.25, -0.2) is 0 Å². The Morgan fingerprint density at radius 1 is 1.33 bits per heavy atom. The summed E-state index contributed by atoms with van der Waals surface area (Å²) in [4.78, 5) is 2.14. The lowest BCUT2D eigenvalue weighted by atomic mass is 10.2. The van der Waals surface area contributed by atoms with Gasteiger partial charge >= 0.3 is 0 Å². The maximum Gasteiger partial charge on any atom is 0.248 e. The van der Waals surface area contributed by atoms with E-state index in [1.807, 2.05) is 24.3 Å². The fourth-order valence-corrected chi connectivity index (χ4v) is 2.74. The first-order valence-corrected chi connectivity index (χ1v) is 7.57. The number of aliphatic hydroxyl groups is 1. The van der Waals surface area contributed by atoms with Crippen molar-refractivity contribution in [2.75, 3.05) is 26.3 Å². The second-order valence-corrected chi connectivity index (χ2v) is 5.75. The minimum Gasteiger partial charge on any atom is -0.419 e. The molecule has 2 aromatic rings. The lowest BCUT2D eigenvalue weighted by Gasteiger charge is -2.30. The second-order valence-electron chi connectivity index (χ2n) is 4.89. The third-order valence-corrected chi connectivity index (χ3v) is 4.05. The van der Waals surface area contributed by atoms with E-state index < -0.39 is 0 Å². The van der Waals surface area contributed by atoms with Crippen molar-refractivity contribution in [3.63, 3.8) is 0 Å². The number of benzene rings is 1. The molecule has 21 heavy (non-hydrogen) atoms. The normalized spacial score (nSPS) is 19.8. The van der Waals surface area contributed by atoms with Gasteiger partial charge in [0.05, 0.1) is 31.4 Å². The molecule has 1 fully saturated rings. The lowest BCUT2D eigenvalue weighted by molar-refractivity contribution is -0.0568. The van der Waals surface area contributed by atoms with E-state index in [-0.39, 0.29) is 12.7 Å². The summed E-state index contributed by atoms with van der Waals surface area (Å²) in [5, 5.41) is 17.3. The molecular formula is C14H16BrN3O3. The van der Waals surface area contributed by atoms with Gasteiger partial charge in [-0.2, -0.15) is 0 Å². The third kappa shape index (κ3) is 3.49. The predicted molar refractivity (Wildman–Crippen MR) is 79.5 cm³/mol. The fraction of sp³-hybridized carbons (Fsp3) is 0.429. The first kappa shape index (κ1) is 14.6. The number of aliphatic hydroxyl groups excluding tert-OH is 1. The highest BCUT2D eigenvalue weighted by atomic mass is 79.9. The van der Waals surface area contributed by atoms with Gasteiger partial charge in [-0.1, -0.05) is 12.1 Å². The highest BCUT2D eigenvalue weighted by Crippen LogP contribution is 2.26. The van der Waals surface area contributed by atoms with Gasteiger partial charge in [0.2, 0.25) is 11.8 Å². The maximum absolute atomic E-state index is 9.15. The molecule has 1 unspecified atom stereocenters. The number of ether oxygens (including phenoxy) is 1. The van der Waals surface area contributed by atoms with Gasteiger partial charge in [0.25, 0.3) is 0 Å². The molecule has 7 heteroatoms. The number of halogens is 1. The first-order valence-electron chi connectivity index (χ1n) is 6.78. The molecule has 0 aliphatic carbocycles. The van der Waals surface area contributed by atoms with Crippen molar-refractivity contribution in [1.82, 2.24) is 15.1 Å². The van der Waals surface area contributed by atoms with E-state index in [0.717, 1.165) is 16.6 Å². The Kier molecular flexibility index (Phi) is 4.64. The standard InChI is InChI=1S/C14H16BrN3O3/c15-12-4-2-1-3-11(12)14-17-16-13(21-14)8-18-5-6-20-10(7-18)9-19/h1-4,10,19H,5-9H2. The Morgan fingerprint density at radius 3 is 3.00 bits per heavy atom. The van der Waals surface area contributed by atoms with E-state index in [1.54, 1.807) is 0 Å². The third-order valence-electron chi connectivity index (χ3n) is 3.36. The molecule has 1 aromatic carbocycles. The molecule has 1 N–H and O–H groups in total. The summed E-state index contributed by atoms with van der Waals surface area (Å²) in [5.74, 6) is 1.07. The number of rotatable bonds is 4. The number of hydrogen-bond acceptors (Lipinski definition) is 6. The molecule has 2 heterocycles. The van der Waals surface area contributed by atoms with Crippen LogP contribution in [0, 0.1) is 0 Å². The molecule has 0 bridgehead atoms. The number of hydrogen-bond donors (Lipinski definition) is 1. The van der Waals surface area contributed by atoms with E-state index >= 15 is 0 Å². The van der Waals surface area contributed by atoms with Crippen LogP contribution in [-0.2, 0) is 11.3 Å². The Labute approximate surface area is 130 Å². The van der Waals surface area contributed by atoms with Crippen LogP contribution in [-0.4, -0.2) is 52.6 Å². The molecule has 0 amide bonds. The monoisotopic (exact) mass is 353 g/mol. The van der Waals surface area contributed by atoms with Crippen molar-refractivity contribution in [3.05, 3.63) is 34.6 Å². The zero-order valence-electron chi connectivity index (χ0n) is 11.4. The largest absolute Gasteiger partial charge is 0.419 e. The summed E-state index contributed by atoms with van der Waals surface area (Å²) in [6.45, 7) is 2.67. The van der Waals surface area contributed by atoms with Crippen LogP contribution in [0.5, 0.6) is 0 Å². The predicted octanol–water partition coefficient (Wildman–Crippen LogP) is 1.69. The van der Waals surface area contributed by atoms with Crippen LogP contribution in [0.2, 0.25) is 0 Å². The van der Waals surface area contributed by atoms with Crippen molar-refractivity contribution in [3.8, 4) is 11.5 Å². The first-order chi connectivity index (χ1) is 10.3. The Morgan fingerprint density at radius 2 is 2.19 bits per heavy atom. The Hall–Kier alpha value is -1.28. The van der Waals surface area contributed by atoms with Gasteiger partial charge in [-0.15, -0.1) is 10.2 Å². The zero-order chi connectivity index (χ0) is 14.7. The molecule has 6 nitrogen and oxygen atoms in total. The Bertz CT molecular complexity index is 605. The van der Waals surface area contributed by atoms with Crippen LogP contribution in [0.3, 0.4) is 0 Å². The minimum atomic E-state index is -0.135. The van der Waals surface area contributed by atoms with Crippen LogP contribution < -0.4 is 0 Å². The molecule has 1 atom stereocenters. The SMILES string of the molecule is OCC1CN(Cc2nnc(-c3ccccc3Br)o2)CCO1. The minimum absolute atomic E-state index is 0.0303. The van der Waals surface area contributed by atoms with Gasteiger partial charge in [0.15, 0.2) is 0 Å². The Balaban J connectivity index is 1.69. The molecule has 1 aromatic heterocycles. The van der Waals surface area contributed by atoms with Gasteiger partial charge in [0, 0.05) is 17.6 Å². The number of nitrogens with zero attached hydrogens (tertiary/aromatic N) is 3. The van der Waals surface area contributed by atoms with Crippen molar-refractivity contribution in [2.24, 2.45) is 0 Å². The van der Waals surface area contributed by atoms with Gasteiger partial charge in [0.1, 0.15) is 0 Å². The number of morpholine rings is 1. The average Bonchev–Trinajstić information content (AvgIpc) is 2.96. The van der Waals surface area contributed by atoms with Crippen molar-refractivity contribution in [2.45, 2.75) is 12.6 Å². The second kappa shape index (κ2) is 6.65. The number of aromatic nitrogens is 2. The highest BCUT2D eigenvalue weighted by Gasteiger charge is 2.21. The van der Waals surface area contributed by atoms with Crippen LogP contribution >= 0.6 is 15.9 Å². The van der Waals surface area contributed by atoms with Crippen LogP contribution in [0.25, 0.3) is 11.5 Å². The molecule has 0 radical (unpaired) electrons. The average molecular weight is 354 g/mol. The summed E-state index contributed by atoms with van der Waals surface area (Å²) in [6.07, 6.45) is -0.135. The molecule has 1 aliphatic rings. The molecule has 3 rings (SSSR count). The lowest BCUT2D eigenvalue weighted by Crippen LogP contribution is -2.43. The van der Waals surface area contributed by atoms with Crippen molar-refractivity contribution < 1.29 is 14.3 Å². The van der Waals surface area contributed by atoms with E-state index in [1.165, 1.54) is 0 Å². The molecule has 0 spiro atoms. The van der Waals surface area contributed by atoms with E-state index in [2.05, 4.69) is 31.0 Å². The van der Waals surface area contributed by atoms with E-state index in [4.69, 9.17) is 14.3 Å². The summed E-state index contributed by atoms with van der Waals surface area (Å²) < 4.78 is 12.1. The van der Waals surface area contributed by atoms with E-state index in [9.17, 15) is 0 Å². The summed E-state index contributed by atoms with van der Waals surface area (Å²) >= 11 is 3.48. The topological polar surface area (TPSA) is 71.6 Å². The maximum atomic E-state index is 9.15. The van der Waals surface area contributed by atoms with Crippen molar-refractivity contribution in [1.29, 1.82) is 0 Å². The van der Waals surface area contributed by atoms with Crippen LogP contribution in [0.1, 0.15) is 5.89 Å². The van der Waals surface area contributed by atoms with E-state index in [0.29, 0.717) is 31.5 Å². The van der Waals surface area contributed by atoms with Gasteiger partial charge in [-0.3, -0.25) is 4.90 Å². The van der Waals surface area contributed by atoms with Crippen LogP contribution in [0.4, 0.5) is 0 Å². The molecule has 112 valence electrons. The molecule has 0 saturated carbocycles. The quantitative estimate of drug-likeness (QED) is 0.901.